The Kier molecular flexibility index (Phi) is 3.19. The van der Waals surface area contributed by atoms with Crippen molar-refractivity contribution in [3.63, 3.8) is 0 Å². The SMILES string of the molecule is CCC1CCC(c2ncc(CO)s2)C1. The lowest BCUT2D eigenvalue weighted by Gasteiger charge is -2.05. The second-order valence-corrected chi connectivity index (χ2v) is 5.25. The fourth-order valence-electron chi connectivity index (χ4n) is 2.25. The number of aromatic nitrogens is 1. The molecule has 2 unspecified atom stereocenters. The number of hydrogen-bond donors (Lipinski definition) is 1. The molecule has 0 aromatic carbocycles. The molecule has 0 aliphatic heterocycles. The van der Waals surface area contributed by atoms with Gasteiger partial charge in [-0.25, -0.2) is 4.98 Å². The van der Waals surface area contributed by atoms with Crippen LogP contribution in [0.3, 0.4) is 0 Å². The summed E-state index contributed by atoms with van der Waals surface area (Å²) in [5.41, 5.74) is 0. The summed E-state index contributed by atoms with van der Waals surface area (Å²) < 4.78 is 0. The molecular weight excluding hydrogens is 194 g/mol. The lowest BCUT2D eigenvalue weighted by Crippen LogP contribution is -1.93. The Labute approximate surface area is 89.0 Å². The predicted molar refractivity (Wildman–Crippen MR) is 58.4 cm³/mol. The Morgan fingerprint density at radius 3 is 3.00 bits per heavy atom. The lowest BCUT2D eigenvalue weighted by atomic mass is 10.0. The maximum absolute atomic E-state index is 8.96. The van der Waals surface area contributed by atoms with Crippen molar-refractivity contribution in [3.05, 3.63) is 16.1 Å². The molecule has 1 N–H and O–H groups in total. The third kappa shape index (κ3) is 1.98. The van der Waals surface area contributed by atoms with Crippen LogP contribution in [0.4, 0.5) is 0 Å². The van der Waals surface area contributed by atoms with Crippen LogP contribution in [0, 0.1) is 5.92 Å². The van der Waals surface area contributed by atoms with E-state index in [1.165, 1.54) is 30.7 Å². The second kappa shape index (κ2) is 4.41. The number of thiazole rings is 1. The molecule has 14 heavy (non-hydrogen) atoms. The van der Waals surface area contributed by atoms with Crippen molar-refractivity contribution in [2.24, 2.45) is 5.92 Å². The highest BCUT2D eigenvalue weighted by Crippen LogP contribution is 2.40. The fourth-order valence-corrected chi connectivity index (χ4v) is 3.18. The predicted octanol–water partition coefficient (Wildman–Crippen LogP) is 2.93. The van der Waals surface area contributed by atoms with Gasteiger partial charge in [0.25, 0.3) is 0 Å². The molecule has 0 radical (unpaired) electrons. The first kappa shape index (κ1) is 10.1. The molecule has 1 heterocycles. The molecule has 1 aliphatic rings. The van der Waals surface area contributed by atoms with Crippen molar-refractivity contribution in [1.82, 2.24) is 4.98 Å². The van der Waals surface area contributed by atoms with Crippen LogP contribution in [-0.2, 0) is 6.61 Å². The van der Waals surface area contributed by atoms with Crippen molar-refractivity contribution >= 4 is 11.3 Å². The van der Waals surface area contributed by atoms with Gasteiger partial charge in [-0.2, -0.15) is 0 Å². The number of aliphatic hydroxyl groups is 1. The van der Waals surface area contributed by atoms with Gasteiger partial charge in [-0.1, -0.05) is 13.3 Å². The smallest absolute Gasteiger partial charge is 0.0959 e. The molecule has 0 saturated heterocycles. The van der Waals surface area contributed by atoms with E-state index in [1.807, 2.05) is 6.20 Å². The number of rotatable bonds is 3. The van der Waals surface area contributed by atoms with E-state index >= 15 is 0 Å². The summed E-state index contributed by atoms with van der Waals surface area (Å²) >= 11 is 1.68. The third-order valence-electron chi connectivity index (χ3n) is 3.20. The Hall–Kier alpha value is -0.410. The molecule has 2 rings (SSSR count). The van der Waals surface area contributed by atoms with Crippen molar-refractivity contribution in [1.29, 1.82) is 0 Å². The first-order chi connectivity index (χ1) is 6.83. The average molecular weight is 211 g/mol. The minimum atomic E-state index is 0.140. The van der Waals surface area contributed by atoms with Crippen LogP contribution in [0.15, 0.2) is 6.20 Å². The molecule has 2 atom stereocenters. The van der Waals surface area contributed by atoms with Gasteiger partial charge in [-0.3, -0.25) is 0 Å². The zero-order valence-electron chi connectivity index (χ0n) is 8.57. The van der Waals surface area contributed by atoms with Gasteiger partial charge in [0.15, 0.2) is 0 Å². The molecular formula is C11H17NOS. The minimum absolute atomic E-state index is 0.140. The number of hydrogen-bond acceptors (Lipinski definition) is 3. The van der Waals surface area contributed by atoms with Gasteiger partial charge >= 0.3 is 0 Å². The Morgan fingerprint density at radius 1 is 1.57 bits per heavy atom. The van der Waals surface area contributed by atoms with Crippen LogP contribution < -0.4 is 0 Å². The van der Waals surface area contributed by atoms with Crippen molar-refractivity contribution in [2.45, 2.75) is 45.1 Å². The maximum Gasteiger partial charge on any atom is 0.0959 e. The van der Waals surface area contributed by atoms with E-state index in [9.17, 15) is 0 Å². The van der Waals surface area contributed by atoms with E-state index in [4.69, 9.17) is 5.11 Å². The van der Waals surface area contributed by atoms with Gasteiger partial charge in [-0.05, 0) is 25.2 Å². The molecule has 1 aliphatic carbocycles. The van der Waals surface area contributed by atoms with E-state index in [0.29, 0.717) is 5.92 Å². The minimum Gasteiger partial charge on any atom is -0.391 e. The number of aliphatic hydroxyl groups excluding tert-OH is 1. The first-order valence-electron chi connectivity index (χ1n) is 5.39. The Morgan fingerprint density at radius 2 is 2.43 bits per heavy atom. The molecule has 0 bridgehead atoms. The number of nitrogens with zero attached hydrogens (tertiary/aromatic N) is 1. The van der Waals surface area contributed by atoms with E-state index < -0.39 is 0 Å². The van der Waals surface area contributed by atoms with Gasteiger partial charge in [0.1, 0.15) is 0 Å². The van der Waals surface area contributed by atoms with E-state index in [-0.39, 0.29) is 6.61 Å². The highest BCUT2D eigenvalue weighted by molar-refractivity contribution is 7.11. The molecule has 1 fully saturated rings. The normalized spacial score (nSPS) is 27.0. The summed E-state index contributed by atoms with van der Waals surface area (Å²) in [6.07, 6.45) is 7.06. The van der Waals surface area contributed by atoms with Crippen LogP contribution in [0.5, 0.6) is 0 Å². The lowest BCUT2D eigenvalue weighted by molar-refractivity contribution is 0.285. The molecule has 2 nitrogen and oxygen atoms in total. The summed E-state index contributed by atoms with van der Waals surface area (Å²) in [5.74, 6) is 1.58. The van der Waals surface area contributed by atoms with Gasteiger partial charge in [0.05, 0.1) is 16.5 Å². The average Bonchev–Trinajstić information content (AvgIpc) is 2.86. The quantitative estimate of drug-likeness (QED) is 0.834. The largest absolute Gasteiger partial charge is 0.391 e. The summed E-state index contributed by atoms with van der Waals surface area (Å²) in [4.78, 5) is 5.40. The monoisotopic (exact) mass is 211 g/mol. The van der Waals surface area contributed by atoms with Crippen LogP contribution in [-0.4, -0.2) is 10.1 Å². The van der Waals surface area contributed by atoms with E-state index in [0.717, 1.165) is 10.8 Å². The third-order valence-corrected chi connectivity index (χ3v) is 4.34. The van der Waals surface area contributed by atoms with Crippen molar-refractivity contribution < 1.29 is 5.11 Å². The molecule has 1 aromatic rings. The van der Waals surface area contributed by atoms with E-state index in [2.05, 4.69) is 11.9 Å². The fraction of sp³-hybridized carbons (Fsp3) is 0.727. The van der Waals surface area contributed by atoms with Crippen molar-refractivity contribution in [2.75, 3.05) is 0 Å². The zero-order valence-corrected chi connectivity index (χ0v) is 9.39. The van der Waals surface area contributed by atoms with Crippen molar-refractivity contribution in [3.8, 4) is 0 Å². The Balaban J connectivity index is 2.02. The highest BCUT2D eigenvalue weighted by Gasteiger charge is 2.26. The van der Waals surface area contributed by atoms with E-state index in [1.54, 1.807) is 11.3 Å². The standard InChI is InChI=1S/C11H17NOS/c1-2-8-3-4-9(5-8)11-12-6-10(7-13)14-11/h6,8-9,13H,2-5,7H2,1H3. The molecule has 1 aromatic heterocycles. The molecule has 0 amide bonds. The van der Waals surface area contributed by atoms with Crippen LogP contribution in [0.25, 0.3) is 0 Å². The summed E-state index contributed by atoms with van der Waals surface area (Å²) in [6.45, 7) is 2.41. The maximum atomic E-state index is 8.96. The van der Waals surface area contributed by atoms with Crippen LogP contribution in [0.1, 0.15) is 48.4 Å². The highest BCUT2D eigenvalue weighted by atomic mass is 32.1. The molecule has 3 heteroatoms. The topological polar surface area (TPSA) is 33.1 Å². The van der Waals surface area contributed by atoms with Gasteiger partial charge in [-0.15, -0.1) is 11.3 Å². The van der Waals surface area contributed by atoms with Gasteiger partial charge < -0.3 is 5.11 Å². The van der Waals surface area contributed by atoms with Crippen LogP contribution >= 0.6 is 11.3 Å². The van der Waals surface area contributed by atoms with Gasteiger partial charge in [0.2, 0.25) is 0 Å². The zero-order chi connectivity index (χ0) is 9.97. The summed E-state index contributed by atoms with van der Waals surface area (Å²) in [6, 6.07) is 0. The first-order valence-corrected chi connectivity index (χ1v) is 6.20. The summed E-state index contributed by atoms with van der Waals surface area (Å²) in [7, 11) is 0. The molecule has 1 saturated carbocycles. The van der Waals surface area contributed by atoms with Crippen LogP contribution in [0.2, 0.25) is 0 Å². The van der Waals surface area contributed by atoms with Gasteiger partial charge in [0, 0.05) is 12.1 Å². The second-order valence-electron chi connectivity index (χ2n) is 4.11. The Bertz CT molecular complexity index is 297. The molecule has 0 spiro atoms. The summed E-state index contributed by atoms with van der Waals surface area (Å²) in [5, 5.41) is 10.2. The molecule has 78 valence electrons.